The average Bonchev–Trinajstić information content (AvgIpc) is 2.55. The molecule has 0 aromatic rings. The summed E-state index contributed by atoms with van der Waals surface area (Å²) >= 11 is 0. The lowest BCUT2D eigenvalue weighted by molar-refractivity contribution is -0.127. The quantitative estimate of drug-likeness (QED) is 0.694. The zero-order chi connectivity index (χ0) is 16.9. The minimum absolute atomic E-state index is 0. The van der Waals surface area contributed by atoms with Crippen LogP contribution in [0, 0.1) is 17.8 Å². The topological polar surface area (TPSA) is 84.2 Å². The van der Waals surface area contributed by atoms with E-state index in [1.807, 2.05) is 0 Å². The van der Waals surface area contributed by atoms with E-state index in [0.717, 1.165) is 25.7 Å². The Morgan fingerprint density at radius 2 is 1.52 bits per heavy atom. The third-order valence-electron chi connectivity index (χ3n) is 6.35. The van der Waals surface area contributed by atoms with Gasteiger partial charge in [-0.05, 0) is 56.3 Å². The first-order valence-corrected chi connectivity index (χ1v) is 9.93. The Morgan fingerprint density at radius 1 is 0.880 bits per heavy atom. The maximum Gasteiger partial charge on any atom is 0.239 e. The van der Waals surface area contributed by atoms with E-state index >= 15 is 0 Å². The summed E-state index contributed by atoms with van der Waals surface area (Å²) in [6, 6.07) is 0.560. The van der Waals surface area contributed by atoms with Crippen molar-refractivity contribution in [3.8, 4) is 0 Å². The average molecular weight is 372 g/mol. The van der Waals surface area contributed by atoms with Crippen molar-refractivity contribution < 1.29 is 9.59 Å². The first kappa shape index (κ1) is 20.5. The maximum atomic E-state index is 12.3. The number of halogens is 1. The molecule has 0 radical (unpaired) electrons. The van der Waals surface area contributed by atoms with Gasteiger partial charge in [-0.3, -0.25) is 9.59 Å². The van der Waals surface area contributed by atoms with E-state index in [4.69, 9.17) is 5.73 Å². The molecule has 2 bridgehead atoms. The van der Waals surface area contributed by atoms with E-state index < -0.39 is 0 Å². The fourth-order valence-corrected chi connectivity index (χ4v) is 5.17. The maximum absolute atomic E-state index is 12.3. The molecule has 144 valence electrons. The monoisotopic (exact) mass is 371 g/mol. The molecule has 5 nitrogen and oxygen atoms in total. The van der Waals surface area contributed by atoms with Gasteiger partial charge in [0.15, 0.2) is 0 Å². The summed E-state index contributed by atoms with van der Waals surface area (Å²) < 4.78 is 0. The van der Waals surface area contributed by atoms with Gasteiger partial charge in [-0.1, -0.05) is 25.7 Å². The summed E-state index contributed by atoms with van der Waals surface area (Å²) in [7, 11) is 0. The van der Waals surface area contributed by atoms with Crippen molar-refractivity contribution in [3.63, 3.8) is 0 Å². The number of nitrogens with one attached hydrogen (secondary N) is 2. The summed E-state index contributed by atoms with van der Waals surface area (Å²) in [5, 5.41) is 6.01. The van der Waals surface area contributed by atoms with Crippen LogP contribution in [0.25, 0.3) is 0 Å². The van der Waals surface area contributed by atoms with Gasteiger partial charge in [0.05, 0.1) is 6.54 Å². The Bertz CT molecular complexity index is 440. The molecule has 6 heteroatoms. The highest BCUT2D eigenvalue weighted by Crippen LogP contribution is 2.39. The molecule has 3 aliphatic rings. The Kier molecular flexibility index (Phi) is 8.01. The van der Waals surface area contributed by atoms with Crippen molar-refractivity contribution >= 4 is 24.2 Å². The number of fused-ring (bicyclic) bond motifs is 2. The summed E-state index contributed by atoms with van der Waals surface area (Å²) in [4.78, 5) is 24.3. The Balaban J connectivity index is 0.00000225. The van der Waals surface area contributed by atoms with Crippen LogP contribution in [0.5, 0.6) is 0 Å². The molecule has 25 heavy (non-hydrogen) atoms. The van der Waals surface area contributed by atoms with E-state index in [2.05, 4.69) is 10.6 Å². The van der Waals surface area contributed by atoms with E-state index in [1.165, 1.54) is 38.5 Å². The lowest BCUT2D eigenvalue weighted by atomic mass is 9.67. The van der Waals surface area contributed by atoms with Crippen molar-refractivity contribution in [1.82, 2.24) is 10.6 Å². The van der Waals surface area contributed by atoms with Gasteiger partial charge in [0.1, 0.15) is 0 Å². The molecule has 2 unspecified atom stereocenters. The van der Waals surface area contributed by atoms with Crippen LogP contribution in [-0.4, -0.2) is 30.4 Å². The third-order valence-corrected chi connectivity index (χ3v) is 6.35. The van der Waals surface area contributed by atoms with E-state index in [0.29, 0.717) is 30.2 Å². The highest BCUT2D eigenvalue weighted by molar-refractivity contribution is 5.85. The van der Waals surface area contributed by atoms with Crippen molar-refractivity contribution in [3.05, 3.63) is 0 Å². The van der Waals surface area contributed by atoms with Gasteiger partial charge >= 0.3 is 0 Å². The molecule has 0 aromatic carbocycles. The summed E-state index contributed by atoms with van der Waals surface area (Å²) in [6.45, 7) is 0.119. The lowest BCUT2D eigenvalue weighted by Gasteiger charge is -2.45. The van der Waals surface area contributed by atoms with Crippen molar-refractivity contribution in [1.29, 1.82) is 0 Å². The molecule has 3 aliphatic carbocycles. The van der Waals surface area contributed by atoms with E-state index in [1.54, 1.807) is 0 Å². The van der Waals surface area contributed by atoms with Gasteiger partial charge in [-0.25, -0.2) is 0 Å². The fourth-order valence-electron chi connectivity index (χ4n) is 5.17. The molecule has 3 fully saturated rings. The Morgan fingerprint density at radius 3 is 2.16 bits per heavy atom. The molecule has 3 rings (SSSR count). The van der Waals surface area contributed by atoms with Crippen LogP contribution in [0.3, 0.4) is 0 Å². The van der Waals surface area contributed by atoms with Gasteiger partial charge in [0.2, 0.25) is 11.8 Å². The largest absolute Gasteiger partial charge is 0.351 e. The molecule has 0 heterocycles. The smallest absolute Gasteiger partial charge is 0.239 e. The number of carbonyl (C=O) groups is 2. The Hall–Kier alpha value is -0.810. The number of nitrogens with two attached hydrogens (primary N) is 1. The van der Waals surface area contributed by atoms with Gasteiger partial charge < -0.3 is 16.4 Å². The highest BCUT2D eigenvalue weighted by atomic mass is 35.5. The van der Waals surface area contributed by atoms with Gasteiger partial charge in [0.25, 0.3) is 0 Å². The minimum atomic E-state index is -0.0376. The van der Waals surface area contributed by atoms with Gasteiger partial charge in [-0.15, -0.1) is 12.4 Å². The summed E-state index contributed by atoms with van der Waals surface area (Å²) in [5.74, 6) is 1.55. The predicted molar refractivity (Wildman–Crippen MR) is 101 cm³/mol. The first-order chi connectivity index (χ1) is 11.6. The van der Waals surface area contributed by atoms with Crippen LogP contribution >= 0.6 is 12.4 Å². The highest BCUT2D eigenvalue weighted by Gasteiger charge is 2.39. The molecular formula is C19H34ClN3O2. The second-order valence-electron chi connectivity index (χ2n) is 8.26. The summed E-state index contributed by atoms with van der Waals surface area (Å²) in [5.41, 5.74) is 6.14. The van der Waals surface area contributed by atoms with Crippen molar-refractivity contribution in [2.75, 3.05) is 6.54 Å². The van der Waals surface area contributed by atoms with E-state index in [-0.39, 0.29) is 36.8 Å². The normalized spacial score (nSPS) is 32.4. The zero-order valence-corrected chi connectivity index (χ0v) is 16.0. The Labute approximate surface area is 157 Å². The molecule has 2 amide bonds. The van der Waals surface area contributed by atoms with Crippen LogP contribution in [0.4, 0.5) is 0 Å². The van der Waals surface area contributed by atoms with Crippen molar-refractivity contribution in [2.24, 2.45) is 23.5 Å². The predicted octanol–water partition coefficient (Wildman–Crippen LogP) is 2.52. The van der Waals surface area contributed by atoms with Gasteiger partial charge in [0, 0.05) is 18.5 Å². The molecule has 0 saturated heterocycles. The molecule has 3 saturated carbocycles. The number of hydrogen-bond acceptors (Lipinski definition) is 3. The van der Waals surface area contributed by atoms with Crippen LogP contribution in [0.1, 0.15) is 70.6 Å². The number of hydrogen-bond donors (Lipinski definition) is 3. The third kappa shape index (κ3) is 5.85. The molecule has 4 N–H and O–H groups in total. The first-order valence-electron chi connectivity index (χ1n) is 9.93. The number of rotatable bonds is 5. The number of carbonyl (C=O) groups excluding carboxylic acids is 2. The molecular weight excluding hydrogens is 338 g/mol. The van der Waals surface area contributed by atoms with Crippen LogP contribution in [-0.2, 0) is 9.59 Å². The SMILES string of the molecule is Cl.NC1CC2CCCC(C1)C2NC(=O)CNC(=O)CC1CCCCC1. The molecule has 0 spiro atoms. The molecule has 0 aliphatic heterocycles. The number of amides is 2. The minimum Gasteiger partial charge on any atom is -0.351 e. The van der Waals surface area contributed by atoms with Crippen LogP contribution in [0.2, 0.25) is 0 Å². The fraction of sp³-hybridized carbons (Fsp3) is 0.895. The van der Waals surface area contributed by atoms with E-state index in [9.17, 15) is 9.59 Å². The summed E-state index contributed by atoms with van der Waals surface area (Å²) in [6.07, 6.45) is 12.3. The lowest BCUT2D eigenvalue weighted by Crippen LogP contribution is -2.55. The molecule has 0 aromatic heterocycles. The van der Waals surface area contributed by atoms with Gasteiger partial charge in [-0.2, -0.15) is 0 Å². The van der Waals surface area contributed by atoms with Crippen molar-refractivity contribution in [2.45, 2.75) is 82.7 Å². The second kappa shape index (κ2) is 9.77. The molecule has 2 atom stereocenters. The standard InChI is InChI=1S/C19H33N3O2.ClH/c20-16-10-14-7-4-8-15(11-16)19(14)22-18(24)12-21-17(23)9-13-5-2-1-3-6-13;/h13-16,19H,1-12,20H2,(H,21,23)(H,22,24);1H. The zero-order valence-electron chi connectivity index (χ0n) is 15.2. The van der Waals surface area contributed by atoms with Crippen LogP contribution in [0.15, 0.2) is 0 Å². The van der Waals surface area contributed by atoms with Crippen LogP contribution < -0.4 is 16.4 Å². The second-order valence-corrected chi connectivity index (χ2v) is 8.26.